The first-order valence-corrected chi connectivity index (χ1v) is 9.08. The molecule has 0 saturated carbocycles. The SMILES string of the molecule is O=C(NC1CC2CCC1N2)c1cnc(-c2cccc(OC(F)(F)F)c2)s1. The van der Waals surface area contributed by atoms with Crippen molar-refractivity contribution in [1.29, 1.82) is 0 Å². The lowest BCUT2D eigenvalue weighted by atomic mass is 9.95. The molecule has 0 spiro atoms. The first kappa shape index (κ1) is 17.3. The van der Waals surface area contributed by atoms with Gasteiger partial charge >= 0.3 is 6.36 Å². The number of alkyl halides is 3. The first-order chi connectivity index (χ1) is 12.4. The second kappa shape index (κ2) is 6.55. The number of nitrogens with zero attached hydrogens (tertiary/aromatic N) is 1. The lowest BCUT2D eigenvalue weighted by Crippen LogP contribution is -2.42. The largest absolute Gasteiger partial charge is 0.573 e. The van der Waals surface area contributed by atoms with Gasteiger partial charge in [-0.2, -0.15) is 0 Å². The summed E-state index contributed by atoms with van der Waals surface area (Å²) in [6, 6.07) is 6.50. The average Bonchev–Trinajstić information content (AvgIpc) is 3.30. The molecule has 2 saturated heterocycles. The van der Waals surface area contributed by atoms with Crippen molar-refractivity contribution in [2.24, 2.45) is 0 Å². The fourth-order valence-corrected chi connectivity index (χ4v) is 4.38. The maximum absolute atomic E-state index is 12.4. The molecular weight excluding hydrogens is 367 g/mol. The van der Waals surface area contributed by atoms with Gasteiger partial charge < -0.3 is 15.4 Å². The Bertz CT molecular complexity index is 824. The number of thiazole rings is 1. The molecule has 0 aliphatic carbocycles. The molecule has 9 heteroatoms. The third-order valence-corrected chi connectivity index (χ3v) is 5.71. The van der Waals surface area contributed by atoms with E-state index in [4.69, 9.17) is 0 Å². The third-order valence-electron chi connectivity index (χ3n) is 4.66. The number of nitrogens with one attached hydrogen (secondary N) is 2. The summed E-state index contributed by atoms with van der Waals surface area (Å²) >= 11 is 1.14. The molecule has 2 N–H and O–H groups in total. The highest BCUT2D eigenvalue weighted by molar-refractivity contribution is 7.16. The number of halogens is 3. The Hall–Kier alpha value is -2.13. The smallest absolute Gasteiger partial charge is 0.406 e. The van der Waals surface area contributed by atoms with Crippen molar-refractivity contribution in [1.82, 2.24) is 15.6 Å². The molecule has 1 aromatic carbocycles. The predicted molar refractivity (Wildman–Crippen MR) is 90.0 cm³/mol. The van der Waals surface area contributed by atoms with Crippen molar-refractivity contribution in [3.05, 3.63) is 35.3 Å². The van der Waals surface area contributed by atoms with Gasteiger partial charge in [0.15, 0.2) is 0 Å². The molecule has 26 heavy (non-hydrogen) atoms. The van der Waals surface area contributed by atoms with Gasteiger partial charge in [-0.1, -0.05) is 12.1 Å². The fourth-order valence-electron chi connectivity index (χ4n) is 3.56. The summed E-state index contributed by atoms with van der Waals surface area (Å²) in [6.07, 6.45) is -0.152. The Labute approximate surface area is 151 Å². The van der Waals surface area contributed by atoms with Crippen LogP contribution < -0.4 is 15.4 Å². The van der Waals surface area contributed by atoms with Gasteiger partial charge in [0, 0.05) is 23.7 Å². The van der Waals surface area contributed by atoms with Gasteiger partial charge in [-0.3, -0.25) is 4.79 Å². The molecule has 2 aliphatic heterocycles. The summed E-state index contributed by atoms with van der Waals surface area (Å²) in [5.41, 5.74) is 0.470. The van der Waals surface area contributed by atoms with Gasteiger partial charge in [-0.25, -0.2) is 4.98 Å². The van der Waals surface area contributed by atoms with Crippen LogP contribution in [-0.4, -0.2) is 35.4 Å². The molecule has 2 aliphatic rings. The second-order valence-corrected chi connectivity index (χ2v) is 7.50. The number of aromatic nitrogens is 1. The molecule has 4 rings (SSSR count). The molecule has 3 atom stereocenters. The minimum absolute atomic E-state index is 0.121. The summed E-state index contributed by atoms with van der Waals surface area (Å²) < 4.78 is 41.0. The Morgan fingerprint density at radius 3 is 2.88 bits per heavy atom. The summed E-state index contributed by atoms with van der Waals surface area (Å²) in [5, 5.41) is 6.95. The molecular formula is C17H16F3N3O2S. The van der Waals surface area contributed by atoms with E-state index in [0.717, 1.165) is 30.6 Å². The van der Waals surface area contributed by atoms with Crippen LogP contribution in [0.3, 0.4) is 0 Å². The van der Waals surface area contributed by atoms with Gasteiger partial charge in [-0.05, 0) is 31.4 Å². The Balaban J connectivity index is 1.46. The van der Waals surface area contributed by atoms with Crippen molar-refractivity contribution < 1.29 is 22.7 Å². The van der Waals surface area contributed by atoms with Gasteiger partial charge in [0.05, 0.1) is 6.20 Å². The van der Waals surface area contributed by atoms with Crippen LogP contribution in [-0.2, 0) is 0 Å². The van der Waals surface area contributed by atoms with Crippen LogP contribution in [0.4, 0.5) is 13.2 Å². The number of fused-ring (bicyclic) bond motifs is 2. The van der Waals surface area contributed by atoms with Crippen LogP contribution in [0.15, 0.2) is 30.5 Å². The van der Waals surface area contributed by atoms with Crippen molar-refractivity contribution in [3.63, 3.8) is 0 Å². The van der Waals surface area contributed by atoms with E-state index in [-0.39, 0.29) is 17.7 Å². The standard InChI is InChI=1S/C17H16F3N3O2S/c18-17(19,20)25-11-3-1-2-9(6-11)16-21-8-14(26-16)15(24)23-13-7-10-4-5-12(13)22-10/h1-3,6,8,10,12-13,22H,4-5,7H2,(H,23,24). The van der Waals surface area contributed by atoms with E-state index in [0.29, 0.717) is 27.5 Å². The van der Waals surface area contributed by atoms with Gasteiger partial charge in [0.1, 0.15) is 15.6 Å². The first-order valence-electron chi connectivity index (χ1n) is 8.26. The Morgan fingerprint density at radius 1 is 1.35 bits per heavy atom. The maximum Gasteiger partial charge on any atom is 0.573 e. The van der Waals surface area contributed by atoms with Crippen LogP contribution in [0.5, 0.6) is 5.75 Å². The minimum Gasteiger partial charge on any atom is -0.406 e. The van der Waals surface area contributed by atoms with Crippen LogP contribution in [0.25, 0.3) is 10.6 Å². The van der Waals surface area contributed by atoms with E-state index >= 15 is 0 Å². The molecule has 3 heterocycles. The Morgan fingerprint density at radius 2 is 2.19 bits per heavy atom. The molecule has 1 amide bonds. The zero-order chi connectivity index (χ0) is 18.3. The van der Waals surface area contributed by atoms with Crippen LogP contribution in [0.2, 0.25) is 0 Å². The van der Waals surface area contributed by atoms with Gasteiger partial charge in [-0.15, -0.1) is 24.5 Å². The van der Waals surface area contributed by atoms with Crippen molar-refractivity contribution in [2.45, 2.75) is 43.8 Å². The summed E-state index contributed by atoms with van der Waals surface area (Å²) in [4.78, 5) is 17.0. The van der Waals surface area contributed by atoms with Gasteiger partial charge in [0.25, 0.3) is 5.91 Å². The number of rotatable bonds is 4. The molecule has 3 unspecified atom stereocenters. The summed E-state index contributed by atoms with van der Waals surface area (Å²) in [6.45, 7) is 0. The van der Waals surface area contributed by atoms with Crippen LogP contribution >= 0.6 is 11.3 Å². The highest BCUT2D eigenvalue weighted by atomic mass is 32.1. The van der Waals surface area contributed by atoms with E-state index in [1.54, 1.807) is 6.07 Å². The lowest BCUT2D eigenvalue weighted by molar-refractivity contribution is -0.274. The number of hydrogen-bond acceptors (Lipinski definition) is 5. The number of carbonyl (C=O) groups excluding carboxylic acids is 1. The normalized spacial score (nSPS) is 24.7. The van der Waals surface area contributed by atoms with Gasteiger partial charge in [0.2, 0.25) is 0 Å². The highest BCUT2D eigenvalue weighted by Crippen LogP contribution is 2.31. The zero-order valence-corrected chi connectivity index (χ0v) is 14.4. The number of hydrogen-bond donors (Lipinski definition) is 2. The van der Waals surface area contributed by atoms with E-state index in [9.17, 15) is 18.0 Å². The fraction of sp³-hybridized carbons (Fsp3) is 0.412. The molecule has 2 aromatic rings. The molecule has 5 nitrogen and oxygen atoms in total. The number of carbonyl (C=O) groups is 1. The molecule has 138 valence electrons. The molecule has 2 bridgehead atoms. The summed E-state index contributed by atoms with van der Waals surface area (Å²) in [5.74, 6) is -0.514. The maximum atomic E-state index is 12.4. The van der Waals surface area contributed by atoms with E-state index in [1.807, 2.05) is 0 Å². The van der Waals surface area contributed by atoms with Crippen molar-refractivity contribution in [3.8, 4) is 16.3 Å². The number of ether oxygens (including phenoxy) is 1. The van der Waals surface area contributed by atoms with Crippen LogP contribution in [0, 0.1) is 0 Å². The van der Waals surface area contributed by atoms with E-state index in [1.165, 1.54) is 24.4 Å². The Kier molecular flexibility index (Phi) is 4.36. The molecule has 1 aromatic heterocycles. The zero-order valence-electron chi connectivity index (χ0n) is 13.5. The van der Waals surface area contributed by atoms with Crippen molar-refractivity contribution in [2.75, 3.05) is 0 Å². The quantitative estimate of drug-likeness (QED) is 0.850. The van der Waals surface area contributed by atoms with E-state index in [2.05, 4.69) is 20.4 Å². The molecule has 2 fully saturated rings. The van der Waals surface area contributed by atoms with E-state index < -0.39 is 6.36 Å². The van der Waals surface area contributed by atoms with Crippen molar-refractivity contribution >= 4 is 17.2 Å². The summed E-state index contributed by atoms with van der Waals surface area (Å²) in [7, 11) is 0. The van der Waals surface area contributed by atoms with Crippen LogP contribution in [0.1, 0.15) is 28.9 Å². The average molecular weight is 383 g/mol. The third kappa shape index (κ3) is 3.68. The second-order valence-electron chi connectivity index (χ2n) is 6.47. The number of benzene rings is 1. The highest BCUT2D eigenvalue weighted by Gasteiger charge is 2.39. The predicted octanol–water partition coefficient (Wildman–Crippen LogP) is 3.33. The molecule has 0 radical (unpaired) electrons. The monoisotopic (exact) mass is 383 g/mol. The lowest BCUT2D eigenvalue weighted by Gasteiger charge is -2.20. The number of amides is 1. The minimum atomic E-state index is -4.75. The topological polar surface area (TPSA) is 63.2 Å².